The van der Waals surface area contributed by atoms with E-state index in [1.165, 1.54) is 25.8 Å². The number of piperidine rings is 1. The van der Waals surface area contributed by atoms with Gasteiger partial charge in [0.1, 0.15) is 0 Å². The normalized spacial score (nSPS) is 25.7. The lowest BCUT2D eigenvalue weighted by Crippen LogP contribution is -2.56. The first-order valence-corrected chi connectivity index (χ1v) is 6.97. The molecule has 1 unspecified atom stereocenters. The lowest BCUT2D eigenvalue weighted by atomic mass is 9.99. The van der Waals surface area contributed by atoms with Gasteiger partial charge in [0.15, 0.2) is 0 Å². The van der Waals surface area contributed by atoms with Gasteiger partial charge in [0.2, 0.25) is 5.91 Å². The van der Waals surface area contributed by atoms with Gasteiger partial charge in [-0.3, -0.25) is 9.69 Å². The molecule has 2 aliphatic heterocycles. The maximum absolute atomic E-state index is 12.0. The molecule has 0 saturated carbocycles. The van der Waals surface area contributed by atoms with Crippen LogP contribution in [0.3, 0.4) is 0 Å². The van der Waals surface area contributed by atoms with Crippen molar-refractivity contribution in [3.63, 3.8) is 0 Å². The average molecular weight is 239 g/mol. The highest BCUT2D eigenvalue weighted by molar-refractivity contribution is 5.76. The Kier molecular flexibility index (Phi) is 4.80. The van der Waals surface area contributed by atoms with E-state index < -0.39 is 0 Å². The summed E-state index contributed by atoms with van der Waals surface area (Å²) >= 11 is 0. The second kappa shape index (κ2) is 6.36. The topological polar surface area (TPSA) is 35.6 Å². The first-order valence-electron chi connectivity index (χ1n) is 6.97. The van der Waals surface area contributed by atoms with Crippen LogP contribution >= 0.6 is 0 Å². The number of hydrogen-bond donors (Lipinski definition) is 1. The van der Waals surface area contributed by atoms with Crippen LogP contribution in [0.1, 0.15) is 32.1 Å². The van der Waals surface area contributed by atoms with Crippen LogP contribution in [0.25, 0.3) is 0 Å². The molecule has 2 heterocycles. The van der Waals surface area contributed by atoms with Crippen molar-refractivity contribution in [1.29, 1.82) is 0 Å². The first kappa shape index (κ1) is 12.8. The quantitative estimate of drug-likeness (QED) is 0.733. The fourth-order valence-corrected chi connectivity index (χ4v) is 2.96. The summed E-state index contributed by atoms with van der Waals surface area (Å²) in [6.07, 6.45) is 5.61. The number of nitrogens with one attached hydrogen (secondary N) is 1. The van der Waals surface area contributed by atoms with Crippen LogP contribution in [-0.2, 0) is 4.79 Å². The minimum atomic E-state index is 0.352. The van der Waals surface area contributed by atoms with Crippen LogP contribution in [0.2, 0.25) is 0 Å². The van der Waals surface area contributed by atoms with Crippen LogP contribution in [-0.4, -0.2) is 61.5 Å². The SMILES string of the molecule is CNCCCC(=O)N1CCN2CCCCC2C1. The van der Waals surface area contributed by atoms with Crippen molar-refractivity contribution in [3.05, 3.63) is 0 Å². The van der Waals surface area contributed by atoms with Gasteiger partial charge in [-0.05, 0) is 39.4 Å². The number of fused-ring (bicyclic) bond motifs is 1. The predicted octanol–water partition coefficient (Wildman–Crippen LogP) is 0.683. The number of carbonyl (C=O) groups excluding carboxylic acids is 1. The second-order valence-corrected chi connectivity index (χ2v) is 5.23. The van der Waals surface area contributed by atoms with Crippen molar-refractivity contribution in [2.75, 3.05) is 39.8 Å². The highest BCUT2D eigenvalue weighted by Gasteiger charge is 2.30. The molecule has 1 atom stereocenters. The van der Waals surface area contributed by atoms with E-state index >= 15 is 0 Å². The molecule has 2 saturated heterocycles. The highest BCUT2D eigenvalue weighted by atomic mass is 16.2. The van der Waals surface area contributed by atoms with Crippen LogP contribution in [0, 0.1) is 0 Å². The summed E-state index contributed by atoms with van der Waals surface area (Å²) in [6.45, 7) is 5.18. The lowest BCUT2D eigenvalue weighted by molar-refractivity contribution is -0.134. The second-order valence-electron chi connectivity index (χ2n) is 5.23. The fraction of sp³-hybridized carbons (Fsp3) is 0.923. The molecule has 2 rings (SSSR count). The third-order valence-electron chi connectivity index (χ3n) is 4.01. The zero-order valence-electron chi connectivity index (χ0n) is 11.0. The zero-order chi connectivity index (χ0) is 12.1. The number of rotatable bonds is 4. The van der Waals surface area contributed by atoms with E-state index in [1.807, 2.05) is 7.05 Å². The Morgan fingerprint density at radius 3 is 3.00 bits per heavy atom. The molecule has 98 valence electrons. The summed E-state index contributed by atoms with van der Waals surface area (Å²) in [5, 5.41) is 3.09. The Balaban J connectivity index is 1.76. The maximum Gasteiger partial charge on any atom is 0.222 e. The molecular weight excluding hydrogens is 214 g/mol. The Bertz CT molecular complexity index is 257. The maximum atomic E-state index is 12.0. The fourth-order valence-electron chi connectivity index (χ4n) is 2.96. The monoisotopic (exact) mass is 239 g/mol. The van der Waals surface area contributed by atoms with Gasteiger partial charge < -0.3 is 10.2 Å². The zero-order valence-corrected chi connectivity index (χ0v) is 11.0. The van der Waals surface area contributed by atoms with Crippen molar-refractivity contribution >= 4 is 5.91 Å². The van der Waals surface area contributed by atoms with E-state index in [2.05, 4.69) is 15.1 Å². The third-order valence-corrected chi connectivity index (χ3v) is 4.01. The van der Waals surface area contributed by atoms with Crippen LogP contribution in [0.15, 0.2) is 0 Å². The van der Waals surface area contributed by atoms with Gasteiger partial charge >= 0.3 is 0 Å². The van der Waals surface area contributed by atoms with E-state index in [-0.39, 0.29) is 0 Å². The molecule has 0 aromatic rings. The minimum Gasteiger partial charge on any atom is -0.340 e. The Morgan fingerprint density at radius 2 is 2.18 bits per heavy atom. The van der Waals surface area contributed by atoms with Crippen LogP contribution in [0.5, 0.6) is 0 Å². The predicted molar refractivity (Wildman–Crippen MR) is 69.0 cm³/mol. The largest absolute Gasteiger partial charge is 0.340 e. The lowest BCUT2D eigenvalue weighted by Gasteiger charge is -2.44. The molecule has 4 heteroatoms. The van der Waals surface area contributed by atoms with E-state index in [1.54, 1.807) is 0 Å². The highest BCUT2D eigenvalue weighted by Crippen LogP contribution is 2.21. The van der Waals surface area contributed by atoms with Crippen molar-refractivity contribution < 1.29 is 4.79 Å². The molecule has 1 amide bonds. The van der Waals surface area contributed by atoms with Gasteiger partial charge in [0.25, 0.3) is 0 Å². The molecule has 0 spiro atoms. The molecule has 4 nitrogen and oxygen atoms in total. The summed E-state index contributed by atoms with van der Waals surface area (Å²) < 4.78 is 0. The number of hydrogen-bond acceptors (Lipinski definition) is 3. The summed E-state index contributed by atoms with van der Waals surface area (Å²) in [6, 6.07) is 0.644. The molecule has 0 aliphatic carbocycles. The van der Waals surface area contributed by atoms with Crippen molar-refractivity contribution in [3.8, 4) is 0 Å². The Labute approximate surface area is 104 Å². The van der Waals surface area contributed by atoms with Crippen LogP contribution in [0.4, 0.5) is 0 Å². The van der Waals surface area contributed by atoms with Gasteiger partial charge in [-0.15, -0.1) is 0 Å². The van der Waals surface area contributed by atoms with Crippen LogP contribution < -0.4 is 5.32 Å². The third kappa shape index (κ3) is 3.42. The Hall–Kier alpha value is -0.610. The summed E-state index contributed by atoms with van der Waals surface area (Å²) in [4.78, 5) is 16.7. The molecule has 0 bridgehead atoms. The number of carbonyl (C=O) groups is 1. The molecule has 1 N–H and O–H groups in total. The van der Waals surface area contributed by atoms with Crippen molar-refractivity contribution in [2.45, 2.75) is 38.1 Å². The average Bonchev–Trinajstić information content (AvgIpc) is 2.38. The Morgan fingerprint density at radius 1 is 1.29 bits per heavy atom. The number of nitrogens with zero attached hydrogens (tertiary/aromatic N) is 2. The van der Waals surface area contributed by atoms with Gasteiger partial charge in [0.05, 0.1) is 0 Å². The summed E-state index contributed by atoms with van der Waals surface area (Å²) in [5.41, 5.74) is 0. The van der Waals surface area contributed by atoms with Gasteiger partial charge in [-0.1, -0.05) is 6.42 Å². The van der Waals surface area contributed by atoms with E-state index in [0.29, 0.717) is 18.4 Å². The van der Waals surface area contributed by atoms with E-state index in [9.17, 15) is 4.79 Å². The first-order chi connectivity index (χ1) is 8.31. The molecule has 0 aromatic carbocycles. The van der Waals surface area contributed by atoms with Gasteiger partial charge in [-0.2, -0.15) is 0 Å². The molecule has 2 aliphatic rings. The number of piperazine rings is 1. The standard InChI is InChI=1S/C13H25N3O/c1-14-7-4-6-13(17)16-10-9-15-8-3-2-5-12(15)11-16/h12,14H,2-11H2,1H3. The molecule has 17 heavy (non-hydrogen) atoms. The van der Waals surface area contributed by atoms with E-state index in [0.717, 1.165) is 32.6 Å². The summed E-state index contributed by atoms with van der Waals surface area (Å²) in [5.74, 6) is 0.352. The van der Waals surface area contributed by atoms with E-state index in [4.69, 9.17) is 0 Å². The molecular formula is C13H25N3O. The van der Waals surface area contributed by atoms with Crippen molar-refractivity contribution in [1.82, 2.24) is 15.1 Å². The molecule has 0 radical (unpaired) electrons. The van der Waals surface area contributed by atoms with Gasteiger partial charge in [-0.25, -0.2) is 0 Å². The minimum absolute atomic E-state index is 0.352. The smallest absolute Gasteiger partial charge is 0.222 e. The summed E-state index contributed by atoms with van der Waals surface area (Å²) in [7, 11) is 1.94. The molecule has 2 fully saturated rings. The molecule has 0 aromatic heterocycles. The number of amides is 1. The van der Waals surface area contributed by atoms with Crippen molar-refractivity contribution in [2.24, 2.45) is 0 Å². The van der Waals surface area contributed by atoms with Gasteiger partial charge in [0, 0.05) is 32.1 Å².